The number of nitrogens with zero attached hydrogens (tertiary/aromatic N) is 4. The summed E-state index contributed by atoms with van der Waals surface area (Å²) < 4.78 is 70.0. The number of carbonyl (C=O) groups excluding carboxylic acids is 1. The van der Waals surface area contributed by atoms with Gasteiger partial charge in [-0.3, -0.25) is 4.79 Å². The van der Waals surface area contributed by atoms with Crippen molar-refractivity contribution in [3.63, 3.8) is 0 Å². The number of halogens is 4. The monoisotopic (exact) mass is 734 g/mol. The maximum atomic E-state index is 14.8. The number of carbonyl (C=O) groups is 1. The van der Waals surface area contributed by atoms with Gasteiger partial charge in [0.2, 0.25) is 0 Å². The van der Waals surface area contributed by atoms with Crippen LogP contribution in [0.25, 0.3) is 44.3 Å². The van der Waals surface area contributed by atoms with E-state index in [0.717, 1.165) is 11.3 Å². The zero-order valence-corrected chi connectivity index (χ0v) is 29.8. The van der Waals surface area contributed by atoms with Crippen molar-refractivity contribution >= 4 is 28.4 Å². The molecule has 3 N–H and O–H groups in total. The van der Waals surface area contributed by atoms with Crippen molar-refractivity contribution in [1.29, 1.82) is 0 Å². The number of fused-ring (bicyclic) bond motifs is 2. The lowest BCUT2D eigenvalue weighted by molar-refractivity contribution is 0.110. The predicted octanol–water partition coefficient (Wildman–Crippen LogP) is 7.22. The average molecular weight is 735 g/mol. The van der Waals surface area contributed by atoms with Gasteiger partial charge in [0.25, 0.3) is 0 Å². The largest absolute Gasteiger partial charge is 0.380 e. The summed E-state index contributed by atoms with van der Waals surface area (Å²) in [5, 5.41) is 3.29. The van der Waals surface area contributed by atoms with Gasteiger partial charge < -0.3 is 28.8 Å². The summed E-state index contributed by atoms with van der Waals surface area (Å²) in [5.74, 6) is 4.50. The van der Waals surface area contributed by atoms with Gasteiger partial charge in [-0.2, -0.15) is 0 Å². The number of nitrogens with one attached hydrogen (secondary N) is 1. The third-order valence-corrected chi connectivity index (χ3v) is 8.48. The molecule has 2 aromatic heterocycles. The summed E-state index contributed by atoms with van der Waals surface area (Å²) in [6.07, 6.45) is 0.640. The van der Waals surface area contributed by atoms with Gasteiger partial charge in [0.1, 0.15) is 29.1 Å². The van der Waals surface area contributed by atoms with Crippen LogP contribution in [0.2, 0.25) is 0 Å². The molecule has 0 bridgehead atoms. The molecular formula is C39H42F4N6O4. The van der Waals surface area contributed by atoms with Crippen LogP contribution < -0.4 is 11.2 Å². The number of aromatic nitrogens is 4. The molecule has 14 heteroatoms. The minimum absolute atomic E-state index is 0.0340. The van der Waals surface area contributed by atoms with Crippen LogP contribution in [-0.4, -0.2) is 64.5 Å². The minimum Gasteiger partial charge on any atom is -0.380 e. The van der Waals surface area contributed by atoms with Gasteiger partial charge in [-0.15, -0.1) is 0 Å². The Hall–Kier alpha value is -4.99. The SMILES string of the molecule is CCOCCn1c(C=O)nc2cc(F)c(-c3ccc(F)cc3)cc21.CCOCCn1c(CN[C@@H](C)CON)nc2cc(F)c(-c3ccc(F)cc3)cc21. The standard InChI is InChI=1S/C21H26F2N4O2.C18H16F2N2O2/c1-3-28-9-8-27-20-10-17(15-4-6-16(22)7-5-15)18(23)11-19(20)26-21(27)12-25-14(2)13-29-24;1-2-24-8-7-22-17-9-14(12-3-5-13(19)6-4-12)15(20)10-16(17)21-18(22)11-23/h4-7,10-11,14,25H,3,8-9,12-13,24H2,1-2H3;3-6,9-11H,2,7-8H2,1H3/t14-;/m0./s1. The number of hydrogen-bond acceptors (Lipinski definition) is 8. The number of benzene rings is 4. The highest BCUT2D eigenvalue weighted by Gasteiger charge is 2.17. The van der Waals surface area contributed by atoms with Crippen molar-refractivity contribution in [1.82, 2.24) is 24.4 Å². The zero-order chi connectivity index (χ0) is 37.9. The van der Waals surface area contributed by atoms with E-state index in [-0.39, 0.29) is 23.5 Å². The van der Waals surface area contributed by atoms with Crippen LogP contribution in [0.1, 0.15) is 37.2 Å². The number of imidazole rings is 2. The third-order valence-electron chi connectivity index (χ3n) is 8.48. The van der Waals surface area contributed by atoms with E-state index in [2.05, 4.69) is 20.1 Å². The molecule has 0 spiro atoms. The molecule has 0 saturated carbocycles. The van der Waals surface area contributed by atoms with Crippen LogP contribution in [0, 0.1) is 23.3 Å². The molecule has 10 nitrogen and oxygen atoms in total. The van der Waals surface area contributed by atoms with Crippen LogP contribution in [0.4, 0.5) is 17.6 Å². The molecular weight excluding hydrogens is 692 g/mol. The number of nitrogens with two attached hydrogens (primary N) is 1. The molecule has 1 atom stereocenters. The van der Waals surface area contributed by atoms with Gasteiger partial charge in [0, 0.05) is 55.6 Å². The molecule has 53 heavy (non-hydrogen) atoms. The van der Waals surface area contributed by atoms with Crippen LogP contribution in [0.5, 0.6) is 0 Å². The van der Waals surface area contributed by atoms with Crippen LogP contribution >= 0.6 is 0 Å². The summed E-state index contributed by atoms with van der Waals surface area (Å²) in [7, 11) is 0. The summed E-state index contributed by atoms with van der Waals surface area (Å²) in [5.41, 5.74) is 4.29. The molecule has 0 unspecified atom stereocenters. The van der Waals surface area contributed by atoms with Crippen molar-refractivity contribution in [3.8, 4) is 22.3 Å². The summed E-state index contributed by atoms with van der Waals surface area (Å²) in [6, 6.07) is 17.5. The molecule has 0 radical (unpaired) electrons. The molecule has 280 valence electrons. The fraction of sp³-hybridized carbons (Fsp3) is 0.308. The summed E-state index contributed by atoms with van der Waals surface area (Å²) in [6.45, 7) is 9.74. The van der Waals surface area contributed by atoms with Crippen molar-refractivity contribution < 1.29 is 36.7 Å². The Morgan fingerprint density at radius 3 is 1.74 bits per heavy atom. The van der Waals surface area contributed by atoms with Crippen molar-refractivity contribution in [2.75, 3.05) is 33.0 Å². The van der Waals surface area contributed by atoms with E-state index < -0.39 is 11.6 Å². The summed E-state index contributed by atoms with van der Waals surface area (Å²) >= 11 is 0. The van der Waals surface area contributed by atoms with Crippen molar-refractivity contribution in [2.24, 2.45) is 5.90 Å². The molecule has 0 aliphatic heterocycles. The topological polar surface area (TPSA) is 118 Å². The molecule has 0 saturated heterocycles. The number of hydrogen-bond donors (Lipinski definition) is 2. The van der Waals surface area contributed by atoms with E-state index in [1.54, 1.807) is 28.8 Å². The lowest BCUT2D eigenvalue weighted by Gasteiger charge is -2.14. The van der Waals surface area contributed by atoms with Gasteiger partial charge >= 0.3 is 0 Å². The molecule has 2 heterocycles. The van der Waals surface area contributed by atoms with Crippen LogP contribution in [0.15, 0.2) is 72.8 Å². The van der Waals surface area contributed by atoms with Crippen molar-refractivity contribution in [3.05, 3.63) is 108 Å². The lowest BCUT2D eigenvalue weighted by atomic mass is 10.0. The van der Waals surface area contributed by atoms with E-state index >= 15 is 0 Å². The Morgan fingerprint density at radius 2 is 1.25 bits per heavy atom. The molecule has 6 rings (SSSR count). The Balaban J connectivity index is 0.000000208. The van der Waals surface area contributed by atoms with E-state index in [4.69, 9.17) is 15.4 Å². The van der Waals surface area contributed by atoms with Gasteiger partial charge in [0.15, 0.2) is 12.1 Å². The molecule has 0 aliphatic rings. The first-order chi connectivity index (χ1) is 25.7. The highest BCUT2D eigenvalue weighted by molar-refractivity contribution is 5.87. The predicted molar refractivity (Wildman–Crippen MR) is 195 cm³/mol. The quantitative estimate of drug-likeness (QED) is 0.0464. The Bertz CT molecular complexity index is 2120. The number of rotatable bonds is 16. The van der Waals surface area contributed by atoms with Gasteiger partial charge in [0.05, 0.1) is 48.4 Å². The molecule has 4 aromatic carbocycles. The maximum Gasteiger partial charge on any atom is 0.185 e. The van der Waals surface area contributed by atoms with Gasteiger partial charge in [-0.1, -0.05) is 24.3 Å². The first kappa shape index (κ1) is 39.2. The second kappa shape index (κ2) is 18.7. The van der Waals surface area contributed by atoms with E-state index in [9.17, 15) is 22.4 Å². The fourth-order valence-electron chi connectivity index (χ4n) is 5.84. The second-order valence-corrected chi connectivity index (χ2v) is 12.1. The second-order valence-electron chi connectivity index (χ2n) is 12.1. The van der Waals surface area contributed by atoms with Crippen molar-refractivity contribution in [2.45, 2.75) is 46.4 Å². The maximum absolute atomic E-state index is 14.8. The Morgan fingerprint density at radius 1 is 0.755 bits per heavy atom. The molecule has 0 fully saturated rings. The van der Waals surface area contributed by atoms with E-state index in [1.165, 1.54) is 48.5 Å². The normalized spacial score (nSPS) is 11.9. The smallest absolute Gasteiger partial charge is 0.185 e. The zero-order valence-electron chi connectivity index (χ0n) is 29.8. The van der Waals surface area contributed by atoms with Gasteiger partial charge in [-0.05, 0) is 68.3 Å². The van der Waals surface area contributed by atoms with Gasteiger partial charge in [-0.25, -0.2) is 33.4 Å². The number of aldehydes is 1. The average Bonchev–Trinajstić information content (AvgIpc) is 3.67. The fourth-order valence-corrected chi connectivity index (χ4v) is 5.84. The van der Waals surface area contributed by atoms with Crippen LogP contribution in [-0.2, 0) is 33.9 Å². The minimum atomic E-state index is -0.471. The summed E-state index contributed by atoms with van der Waals surface area (Å²) in [4.78, 5) is 24.7. The molecule has 0 aliphatic carbocycles. The Labute approximate surface area is 304 Å². The first-order valence-electron chi connectivity index (χ1n) is 17.2. The molecule has 0 amide bonds. The van der Waals surface area contributed by atoms with Crippen LogP contribution in [0.3, 0.4) is 0 Å². The number of ether oxygens (including phenoxy) is 2. The first-order valence-corrected chi connectivity index (χ1v) is 17.2. The highest BCUT2D eigenvalue weighted by atomic mass is 19.1. The highest BCUT2D eigenvalue weighted by Crippen LogP contribution is 2.30. The molecule has 6 aromatic rings. The third kappa shape index (κ3) is 9.72. The van der Waals surface area contributed by atoms with E-state index in [1.807, 2.05) is 25.3 Å². The van der Waals surface area contributed by atoms with E-state index in [0.29, 0.717) is 97.8 Å². The lowest BCUT2D eigenvalue weighted by Crippen LogP contribution is -2.32. The Kier molecular flexibility index (Phi) is 13.8.